The van der Waals surface area contributed by atoms with Crippen molar-refractivity contribution >= 4 is 22.7 Å². The number of nitrogens with one attached hydrogen (secondary N) is 1. The Hall–Kier alpha value is -3.22. The molecule has 0 saturated carbocycles. The summed E-state index contributed by atoms with van der Waals surface area (Å²) in [5.41, 5.74) is -0.386. The van der Waals surface area contributed by atoms with Crippen LogP contribution in [-0.4, -0.2) is 27.0 Å². The van der Waals surface area contributed by atoms with Crippen LogP contribution in [0.4, 0.5) is 4.79 Å². The highest BCUT2D eigenvalue weighted by Gasteiger charge is 2.50. The molecule has 0 spiro atoms. The van der Waals surface area contributed by atoms with Crippen LogP contribution in [0.2, 0.25) is 0 Å². The fraction of sp³-hybridized carbons (Fsp3) is 0.300. The summed E-state index contributed by atoms with van der Waals surface area (Å²) in [5.74, 6) is 0.500. The minimum Gasteiger partial charge on any atom is -0.337 e. The quantitative estimate of drug-likeness (QED) is 0.703. The van der Waals surface area contributed by atoms with E-state index < -0.39 is 11.6 Å². The molecule has 138 valence electrons. The molecule has 1 N–H and O–H groups in total. The van der Waals surface area contributed by atoms with Gasteiger partial charge in [-0.25, -0.2) is 4.79 Å². The number of carbonyl (C=O) groups is 2. The monoisotopic (exact) mass is 364 g/mol. The molecule has 7 heteroatoms. The Morgan fingerprint density at radius 2 is 1.93 bits per heavy atom. The lowest BCUT2D eigenvalue weighted by Gasteiger charge is -2.23. The van der Waals surface area contributed by atoms with Gasteiger partial charge in [-0.1, -0.05) is 54.5 Å². The molecule has 1 aliphatic heterocycles. The number of urea groups is 1. The van der Waals surface area contributed by atoms with E-state index in [1.165, 1.54) is 0 Å². The Morgan fingerprint density at radius 3 is 2.74 bits per heavy atom. The summed E-state index contributed by atoms with van der Waals surface area (Å²) in [7, 11) is 0. The Bertz CT molecular complexity index is 1020. The van der Waals surface area contributed by atoms with E-state index in [2.05, 4.69) is 15.5 Å². The van der Waals surface area contributed by atoms with E-state index in [1.54, 1.807) is 6.92 Å². The fourth-order valence-electron chi connectivity index (χ4n) is 3.50. The topological polar surface area (TPSA) is 88.3 Å². The first-order valence-corrected chi connectivity index (χ1v) is 8.96. The molecule has 1 saturated heterocycles. The molecule has 3 amide bonds. The van der Waals surface area contributed by atoms with Crippen LogP contribution in [0.1, 0.15) is 37.5 Å². The lowest BCUT2D eigenvalue weighted by atomic mass is 9.88. The van der Waals surface area contributed by atoms with Gasteiger partial charge in [0.05, 0.1) is 0 Å². The number of imide groups is 1. The van der Waals surface area contributed by atoms with Crippen LogP contribution in [0.3, 0.4) is 0 Å². The largest absolute Gasteiger partial charge is 0.337 e. The minimum absolute atomic E-state index is 0.0399. The van der Waals surface area contributed by atoms with Gasteiger partial charge in [-0.3, -0.25) is 9.69 Å². The van der Waals surface area contributed by atoms with Gasteiger partial charge >= 0.3 is 6.03 Å². The summed E-state index contributed by atoms with van der Waals surface area (Å²) in [6.45, 7) is 3.70. The van der Waals surface area contributed by atoms with Gasteiger partial charge in [-0.2, -0.15) is 4.98 Å². The van der Waals surface area contributed by atoms with Crippen LogP contribution in [0.25, 0.3) is 10.8 Å². The first-order chi connectivity index (χ1) is 13.0. The van der Waals surface area contributed by atoms with Gasteiger partial charge in [0.1, 0.15) is 12.1 Å². The molecule has 0 radical (unpaired) electrons. The third-order valence-electron chi connectivity index (χ3n) is 4.88. The molecule has 2 heterocycles. The van der Waals surface area contributed by atoms with Gasteiger partial charge in [-0.05, 0) is 29.7 Å². The molecule has 1 fully saturated rings. The lowest BCUT2D eigenvalue weighted by Crippen LogP contribution is -2.41. The highest BCUT2D eigenvalue weighted by Crippen LogP contribution is 2.34. The zero-order valence-electron chi connectivity index (χ0n) is 15.2. The average molecular weight is 364 g/mol. The molecule has 7 nitrogen and oxygen atoms in total. The summed E-state index contributed by atoms with van der Waals surface area (Å²) in [4.78, 5) is 31.1. The number of aromatic nitrogens is 2. The van der Waals surface area contributed by atoms with Crippen LogP contribution in [0.5, 0.6) is 0 Å². The molecule has 4 rings (SSSR count). The van der Waals surface area contributed by atoms with Crippen molar-refractivity contribution in [3.63, 3.8) is 0 Å². The van der Waals surface area contributed by atoms with Crippen molar-refractivity contribution in [2.75, 3.05) is 0 Å². The highest BCUT2D eigenvalue weighted by molar-refractivity contribution is 6.09. The predicted octanol–water partition coefficient (Wildman–Crippen LogP) is 3.14. The van der Waals surface area contributed by atoms with E-state index in [4.69, 9.17) is 4.52 Å². The second-order valence-corrected chi connectivity index (χ2v) is 6.83. The molecule has 0 aliphatic carbocycles. The van der Waals surface area contributed by atoms with E-state index in [0.717, 1.165) is 27.7 Å². The summed E-state index contributed by atoms with van der Waals surface area (Å²) in [6, 6.07) is 13.1. The van der Waals surface area contributed by atoms with Gasteiger partial charge < -0.3 is 9.84 Å². The third kappa shape index (κ3) is 2.85. The molecular formula is C20H20N4O3. The van der Waals surface area contributed by atoms with Crippen LogP contribution in [-0.2, 0) is 23.3 Å². The van der Waals surface area contributed by atoms with Gasteiger partial charge in [0.2, 0.25) is 5.89 Å². The van der Waals surface area contributed by atoms with Crippen LogP contribution < -0.4 is 5.32 Å². The Labute approximate surface area is 156 Å². The third-order valence-corrected chi connectivity index (χ3v) is 4.88. The SMILES string of the molecule is CCCc1noc(CN2C(=O)N[C@@](C)(c3cccc4ccccc34)C2=O)n1. The number of amides is 3. The average Bonchev–Trinajstić information content (AvgIpc) is 3.20. The van der Waals surface area contributed by atoms with Gasteiger partial charge in [0, 0.05) is 6.42 Å². The molecule has 2 aromatic carbocycles. The van der Waals surface area contributed by atoms with E-state index in [1.807, 2.05) is 49.4 Å². The normalized spacial score (nSPS) is 19.7. The first kappa shape index (κ1) is 17.2. The Balaban J connectivity index is 1.66. The molecule has 1 aliphatic rings. The number of fused-ring (bicyclic) bond motifs is 1. The van der Waals surface area contributed by atoms with Crippen molar-refractivity contribution < 1.29 is 14.1 Å². The van der Waals surface area contributed by atoms with Crippen molar-refractivity contribution in [3.05, 3.63) is 59.7 Å². The number of hydrogen-bond donors (Lipinski definition) is 1. The smallest absolute Gasteiger partial charge is 0.325 e. The van der Waals surface area contributed by atoms with Crippen molar-refractivity contribution in [1.29, 1.82) is 0 Å². The maximum absolute atomic E-state index is 13.2. The minimum atomic E-state index is -1.15. The Kier molecular flexibility index (Phi) is 4.14. The standard InChI is InChI=1S/C20H20N4O3/c1-3-7-16-21-17(27-23-16)12-24-18(25)20(2,22-19(24)26)15-11-6-9-13-8-4-5-10-14(13)15/h4-6,8-11H,3,7,12H2,1-2H3,(H,22,26)/t20-/m0/s1. The summed E-state index contributed by atoms with van der Waals surface area (Å²) < 4.78 is 5.18. The van der Waals surface area contributed by atoms with E-state index in [-0.39, 0.29) is 18.3 Å². The molecule has 0 unspecified atom stereocenters. The number of benzene rings is 2. The first-order valence-electron chi connectivity index (χ1n) is 8.96. The highest BCUT2D eigenvalue weighted by atomic mass is 16.5. The van der Waals surface area contributed by atoms with Gasteiger partial charge in [-0.15, -0.1) is 0 Å². The number of hydrogen-bond acceptors (Lipinski definition) is 5. The van der Waals surface area contributed by atoms with Crippen molar-refractivity contribution in [2.45, 2.75) is 38.8 Å². The molecule has 1 aromatic heterocycles. The second kappa shape index (κ2) is 6.50. The molecule has 27 heavy (non-hydrogen) atoms. The lowest BCUT2D eigenvalue weighted by molar-refractivity contribution is -0.131. The summed E-state index contributed by atoms with van der Waals surface area (Å²) >= 11 is 0. The number of rotatable bonds is 5. The van der Waals surface area contributed by atoms with Gasteiger partial charge in [0.15, 0.2) is 5.82 Å². The van der Waals surface area contributed by atoms with Gasteiger partial charge in [0.25, 0.3) is 5.91 Å². The number of nitrogens with zero attached hydrogens (tertiary/aromatic N) is 3. The zero-order chi connectivity index (χ0) is 19.0. The number of carbonyl (C=O) groups excluding carboxylic acids is 2. The zero-order valence-corrected chi connectivity index (χ0v) is 15.2. The maximum Gasteiger partial charge on any atom is 0.325 e. The van der Waals surface area contributed by atoms with Crippen LogP contribution in [0, 0.1) is 0 Å². The Morgan fingerprint density at radius 1 is 1.15 bits per heavy atom. The van der Waals surface area contributed by atoms with E-state index in [0.29, 0.717) is 12.2 Å². The predicted molar refractivity (Wildman–Crippen MR) is 98.7 cm³/mol. The molecule has 3 aromatic rings. The number of aryl methyl sites for hydroxylation is 1. The van der Waals surface area contributed by atoms with Crippen molar-refractivity contribution in [3.8, 4) is 0 Å². The van der Waals surface area contributed by atoms with Crippen LogP contribution >= 0.6 is 0 Å². The van der Waals surface area contributed by atoms with Crippen molar-refractivity contribution in [2.24, 2.45) is 0 Å². The maximum atomic E-state index is 13.2. The van der Waals surface area contributed by atoms with Crippen LogP contribution in [0.15, 0.2) is 47.0 Å². The summed E-state index contributed by atoms with van der Waals surface area (Å²) in [5, 5.41) is 8.66. The molecule has 1 atom stereocenters. The van der Waals surface area contributed by atoms with E-state index in [9.17, 15) is 9.59 Å². The second-order valence-electron chi connectivity index (χ2n) is 6.83. The summed E-state index contributed by atoms with van der Waals surface area (Å²) in [6.07, 6.45) is 1.58. The molecular weight excluding hydrogens is 344 g/mol. The molecule has 0 bridgehead atoms. The fourth-order valence-corrected chi connectivity index (χ4v) is 3.50. The van der Waals surface area contributed by atoms with Crippen molar-refractivity contribution in [1.82, 2.24) is 20.4 Å². The van der Waals surface area contributed by atoms with E-state index >= 15 is 0 Å².